The van der Waals surface area contributed by atoms with Crippen molar-refractivity contribution in [3.05, 3.63) is 97.5 Å². The van der Waals surface area contributed by atoms with Crippen molar-refractivity contribution in [3.63, 3.8) is 0 Å². The highest BCUT2D eigenvalue weighted by Gasteiger charge is 2.21. The Kier molecular flexibility index (Phi) is 8.62. The van der Waals surface area contributed by atoms with Gasteiger partial charge in [0.1, 0.15) is 5.75 Å². The predicted molar refractivity (Wildman–Crippen MR) is 131 cm³/mol. The van der Waals surface area contributed by atoms with E-state index in [-0.39, 0.29) is 30.2 Å². The van der Waals surface area contributed by atoms with Crippen LogP contribution in [0, 0.1) is 20.2 Å². The first kappa shape index (κ1) is 25.8. The lowest BCUT2D eigenvalue weighted by Gasteiger charge is -2.07. The Morgan fingerprint density at radius 1 is 0.944 bits per heavy atom. The molecule has 0 aliphatic heterocycles. The van der Waals surface area contributed by atoms with Crippen LogP contribution in [-0.2, 0) is 9.59 Å². The van der Waals surface area contributed by atoms with Gasteiger partial charge in [-0.25, -0.2) is 5.43 Å². The SMILES string of the molecule is O=C(CCC(=O)Nc1cccc(Cl)c1)NN=Cc1cccc(Oc2ccc([N+](=O)[O-])cc2[N+](=O)[O-])c1. The third kappa shape index (κ3) is 7.60. The van der Waals surface area contributed by atoms with Gasteiger partial charge < -0.3 is 10.1 Å². The minimum absolute atomic E-state index is 0.0643. The highest BCUT2D eigenvalue weighted by molar-refractivity contribution is 6.30. The van der Waals surface area contributed by atoms with Gasteiger partial charge in [-0.2, -0.15) is 5.10 Å². The minimum Gasteiger partial charge on any atom is -0.450 e. The van der Waals surface area contributed by atoms with Crippen LogP contribution in [0.5, 0.6) is 11.5 Å². The largest absolute Gasteiger partial charge is 0.450 e. The van der Waals surface area contributed by atoms with Gasteiger partial charge in [0.25, 0.3) is 5.69 Å². The van der Waals surface area contributed by atoms with Gasteiger partial charge in [-0.15, -0.1) is 0 Å². The van der Waals surface area contributed by atoms with Gasteiger partial charge in [0.05, 0.1) is 22.1 Å². The maximum atomic E-state index is 12.0. The molecule has 13 heteroatoms. The molecule has 0 aromatic heterocycles. The number of benzene rings is 3. The van der Waals surface area contributed by atoms with Crippen LogP contribution in [0.15, 0.2) is 71.8 Å². The zero-order valence-corrected chi connectivity index (χ0v) is 19.2. The van der Waals surface area contributed by atoms with Crippen molar-refractivity contribution in [3.8, 4) is 11.5 Å². The summed E-state index contributed by atoms with van der Waals surface area (Å²) in [5, 5.41) is 29.1. The van der Waals surface area contributed by atoms with Crippen molar-refractivity contribution in [1.82, 2.24) is 5.43 Å². The molecule has 0 spiro atoms. The van der Waals surface area contributed by atoms with Gasteiger partial charge in [-0.3, -0.25) is 29.8 Å². The molecule has 12 nitrogen and oxygen atoms in total. The predicted octanol–water partition coefficient (Wildman–Crippen LogP) is 4.82. The number of halogens is 1. The Hall–Kier alpha value is -4.84. The molecular weight excluding hydrogens is 494 g/mol. The molecular formula is C23H18ClN5O7. The molecule has 0 saturated heterocycles. The molecule has 0 saturated carbocycles. The number of hydrogen-bond donors (Lipinski definition) is 2. The number of non-ortho nitro benzene ring substituents is 1. The van der Waals surface area contributed by atoms with Crippen LogP contribution in [-0.4, -0.2) is 27.9 Å². The topological polar surface area (TPSA) is 166 Å². The monoisotopic (exact) mass is 511 g/mol. The summed E-state index contributed by atoms with van der Waals surface area (Å²) in [4.78, 5) is 44.6. The highest BCUT2D eigenvalue weighted by atomic mass is 35.5. The molecule has 3 aromatic rings. The Morgan fingerprint density at radius 3 is 2.42 bits per heavy atom. The number of nitrogens with one attached hydrogen (secondary N) is 2. The van der Waals surface area contributed by atoms with Crippen LogP contribution < -0.4 is 15.5 Å². The Bertz CT molecular complexity index is 1350. The zero-order valence-electron chi connectivity index (χ0n) is 18.4. The smallest absolute Gasteiger partial charge is 0.318 e. The Morgan fingerprint density at radius 2 is 1.69 bits per heavy atom. The standard InChI is InChI=1S/C23H18ClN5O7/c24-16-4-2-5-17(12-16)26-22(30)9-10-23(31)27-25-14-15-3-1-6-19(11-15)36-21-8-7-18(28(32)33)13-20(21)29(34)35/h1-8,11-14H,9-10H2,(H,26,30)(H,27,31). The van der Waals surface area contributed by atoms with Crippen molar-refractivity contribution in [1.29, 1.82) is 0 Å². The van der Waals surface area contributed by atoms with Crippen LogP contribution in [0.4, 0.5) is 17.1 Å². The summed E-state index contributed by atoms with van der Waals surface area (Å²) in [6.45, 7) is 0. The summed E-state index contributed by atoms with van der Waals surface area (Å²) in [6, 6.07) is 15.9. The lowest BCUT2D eigenvalue weighted by Crippen LogP contribution is -2.20. The average Bonchev–Trinajstić information content (AvgIpc) is 2.83. The normalized spacial score (nSPS) is 10.6. The molecule has 36 heavy (non-hydrogen) atoms. The lowest BCUT2D eigenvalue weighted by molar-refractivity contribution is -0.394. The number of nitrogens with zero attached hydrogens (tertiary/aromatic N) is 3. The highest BCUT2D eigenvalue weighted by Crippen LogP contribution is 2.34. The molecule has 0 atom stereocenters. The van der Waals surface area contributed by atoms with Crippen molar-refractivity contribution in [2.45, 2.75) is 12.8 Å². The number of ether oxygens (including phenoxy) is 1. The molecule has 2 N–H and O–H groups in total. The number of carbonyl (C=O) groups excluding carboxylic acids is 2. The van der Waals surface area contributed by atoms with E-state index in [0.717, 1.165) is 18.2 Å². The van der Waals surface area contributed by atoms with Crippen LogP contribution >= 0.6 is 11.6 Å². The van der Waals surface area contributed by atoms with E-state index in [9.17, 15) is 29.8 Å². The number of hydrazone groups is 1. The van der Waals surface area contributed by atoms with Crippen molar-refractivity contribution in [2.24, 2.45) is 5.10 Å². The zero-order chi connectivity index (χ0) is 26.1. The van der Waals surface area contributed by atoms with Crippen molar-refractivity contribution in [2.75, 3.05) is 5.32 Å². The van der Waals surface area contributed by atoms with Gasteiger partial charge in [-0.1, -0.05) is 29.8 Å². The number of nitro benzene ring substituents is 2. The van der Waals surface area contributed by atoms with Gasteiger partial charge >= 0.3 is 5.69 Å². The summed E-state index contributed by atoms with van der Waals surface area (Å²) in [7, 11) is 0. The number of anilines is 1. The Balaban J connectivity index is 1.54. The maximum Gasteiger partial charge on any atom is 0.318 e. The quantitative estimate of drug-likeness (QED) is 0.223. The van der Waals surface area contributed by atoms with Crippen LogP contribution in [0.1, 0.15) is 18.4 Å². The van der Waals surface area contributed by atoms with E-state index in [1.165, 1.54) is 18.3 Å². The third-order valence-corrected chi connectivity index (χ3v) is 4.76. The summed E-state index contributed by atoms with van der Waals surface area (Å²) in [6.07, 6.45) is 1.16. The van der Waals surface area contributed by atoms with E-state index in [4.69, 9.17) is 16.3 Å². The van der Waals surface area contributed by atoms with E-state index < -0.39 is 27.1 Å². The maximum absolute atomic E-state index is 12.0. The van der Waals surface area contributed by atoms with Crippen molar-refractivity contribution >= 4 is 46.7 Å². The van der Waals surface area contributed by atoms with E-state index in [0.29, 0.717) is 16.3 Å². The van der Waals surface area contributed by atoms with E-state index in [2.05, 4.69) is 15.8 Å². The molecule has 0 fully saturated rings. The number of carbonyl (C=O) groups is 2. The van der Waals surface area contributed by atoms with E-state index >= 15 is 0 Å². The first-order valence-corrected chi connectivity index (χ1v) is 10.7. The lowest BCUT2D eigenvalue weighted by atomic mass is 10.2. The summed E-state index contributed by atoms with van der Waals surface area (Å²) in [5.74, 6) is -0.813. The number of amides is 2. The fraction of sp³-hybridized carbons (Fsp3) is 0.0870. The molecule has 3 rings (SSSR count). The fourth-order valence-electron chi connectivity index (χ4n) is 2.89. The van der Waals surface area contributed by atoms with E-state index in [1.54, 1.807) is 36.4 Å². The molecule has 0 aliphatic rings. The number of rotatable bonds is 10. The Labute approximate surface area is 208 Å². The first-order valence-electron chi connectivity index (χ1n) is 10.3. The average molecular weight is 512 g/mol. The van der Waals surface area contributed by atoms with Gasteiger partial charge in [-0.05, 0) is 42.0 Å². The van der Waals surface area contributed by atoms with Crippen molar-refractivity contribution < 1.29 is 24.2 Å². The third-order valence-electron chi connectivity index (χ3n) is 4.53. The molecule has 184 valence electrons. The van der Waals surface area contributed by atoms with Gasteiger partial charge in [0.2, 0.25) is 17.6 Å². The first-order chi connectivity index (χ1) is 17.2. The number of hydrogen-bond acceptors (Lipinski definition) is 8. The summed E-state index contributed by atoms with van der Waals surface area (Å²) in [5.41, 5.74) is 2.32. The molecule has 0 heterocycles. The second-order valence-electron chi connectivity index (χ2n) is 7.19. The number of nitro groups is 2. The fourth-order valence-corrected chi connectivity index (χ4v) is 3.08. The summed E-state index contributed by atoms with van der Waals surface area (Å²) >= 11 is 5.86. The van der Waals surface area contributed by atoms with Crippen LogP contribution in [0.25, 0.3) is 0 Å². The molecule has 2 amide bonds. The second kappa shape index (κ2) is 12.0. The minimum atomic E-state index is -0.779. The van der Waals surface area contributed by atoms with Gasteiger partial charge in [0, 0.05) is 29.6 Å². The second-order valence-corrected chi connectivity index (χ2v) is 7.63. The summed E-state index contributed by atoms with van der Waals surface area (Å²) < 4.78 is 5.53. The molecule has 0 radical (unpaired) electrons. The molecule has 3 aromatic carbocycles. The van der Waals surface area contributed by atoms with Gasteiger partial charge in [0.15, 0.2) is 0 Å². The molecule has 0 unspecified atom stereocenters. The van der Waals surface area contributed by atoms with Crippen LogP contribution in [0.3, 0.4) is 0 Å². The van der Waals surface area contributed by atoms with E-state index in [1.807, 2.05) is 0 Å². The molecule has 0 aliphatic carbocycles. The molecule has 0 bridgehead atoms. The van der Waals surface area contributed by atoms with Crippen LogP contribution in [0.2, 0.25) is 5.02 Å².